The minimum atomic E-state index is -0.226. The van der Waals surface area contributed by atoms with Crippen LogP contribution in [-0.2, 0) is 4.79 Å². The van der Waals surface area contributed by atoms with Gasteiger partial charge in [0.2, 0.25) is 5.91 Å². The average Bonchev–Trinajstić information content (AvgIpc) is 2.14. The van der Waals surface area contributed by atoms with Crippen LogP contribution in [0, 0.1) is 6.92 Å². The van der Waals surface area contributed by atoms with Crippen LogP contribution in [0.5, 0.6) is 0 Å². The van der Waals surface area contributed by atoms with Gasteiger partial charge in [-0.05, 0) is 13.8 Å². The second-order valence-corrected chi connectivity index (χ2v) is 4.40. The lowest BCUT2D eigenvalue weighted by atomic mass is 10.4. The highest BCUT2D eigenvalue weighted by Crippen LogP contribution is 2.20. The monoisotopic (exact) mass is 226 g/mol. The van der Waals surface area contributed by atoms with Gasteiger partial charge >= 0.3 is 0 Å². The van der Waals surface area contributed by atoms with Gasteiger partial charge in [-0.3, -0.25) is 4.79 Å². The molecule has 0 saturated heterocycles. The van der Waals surface area contributed by atoms with Gasteiger partial charge < -0.3 is 11.1 Å². The molecule has 0 saturated carbocycles. The first-order valence-corrected chi connectivity index (χ1v) is 5.40. The van der Waals surface area contributed by atoms with Crippen molar-refractivity contribution in [1.82, 2.24) is 15.3 Å². The molecule has 15 heavy (non-hydrogen) atoms. The highest BCUT2D eigenvalue weighted by molar-refractivity contribution is 8.00. The Morgan fingerprint density at radius 2 is 2.27 bits per heavy atom. The second-order valence-electron chi connectivity index (χ2n) is 3.09. The van der Waals surface area contributed by atoms with E-state index in [2.05, 4.69) is 15.3 Å². The summed E-state index contributed by atoms with van der Waals surface area (Å²) >= 11 is 1.29. The van der Waals surface area contributed by atoms with E-state index in [4.69, 9.17) is 5.73 Å². The van der Waals surface area contributed by atoms with Crippen LogP contribution >= 0.6 is 11.8 Å². The number of amides is 1. The van der Waals surface area contributed by atoms with Gasteiger partial charge in [-0.2, -0.15) is 0 Å². The number of carbonyl (C=O) groups excluding carboxylic acids is 1. The fourth-order valence-electron chi connectivity index (χ4n) is 1.03. The maximum absolute atomic E-state index is 11.3. The minimum absolute atomic E-state index is 0.0522. The predicted octanol–water partition coefficient (Wildman–Crippen LogP) is 0.594. The van der Waals surface area contributed by atoms with E-state index in [1.165, 1.54) is 11.8 Å². The quantitative estimate of drug-likeness (QED) is 0.582. The molecule has 5 nitrogen and oxygen atoms in total. The normalized spacial score (nSPS) is 12.2. The van der Waals surface area contributed by atoms with Gasteiger partial charge in [0.05, 0.1) is 5.25 Å². The summed E-state index contributed by atoms with van der Waals surface area (Å²) < 4.78 is 0. The van der Waals surface area contributed by atoms with Gasteiger partial charge in [0.15, 0.2) is 5.16 Å². The molecule has 1 aromatic heterocycles. The van der Waals surface area contributed by atoms with Crippen molar-refractivity contribution in [1.29, 1.82) is 0 Å². The summed E-state index contributed by atoms with van der Waals surface area (Å²) in [7, 11) is 1.60. The maximum atomic E-state index is 11.3. The standard InChI is InChI=1S/C9H14N4OS/c1-5-4-7(10)13-9(12-5)15-6(2)8(14)11-3/h4,6H,1-3H3,(H,11,14)(H2,10,12,13)/t6-/m1/s1. The number of nitrogens with zero attached hydrogens (tertiary/aromatic N) is 2. The molecule has 1 amide bonds. The first-order chi connectivity index (χ1) is 7.02. The molecule has 0 aliphatic rings. The highest BCUT2D eigenvalue weighted by atomic mass is 32.2. The van der Waals surface area contributed by atoms with Crippen LogP contribution in [0.2, 0.25) is 0 Å². The van der Waals surface area contributed by atoms with E-state index < -0.39 is 0 Å². The maximum Gasteiger partial charge on any atom is 0.233 e. The fraction of sp³-hybridized carbons (Fsp3) is 0.444. The van der Waals surface area contributed by atoms with Gasteiger partial charge in [0, 0.05) is 18.8 Å². The molecule has 0 radical (unpaired) electrons. The molecule has 82 valence electrons. The summed E-state index contributed by atoms with van der Waals surface area (Å²) in [6.45, 7) is 3.64. The number of hydrogen-bond acceptors (Lipinski definition) is 5. The zero-order chi connectivity index (χ0) is 11.4. The van der Waals surface area contributed by atoms with Crippen molar-refractivity contribution in [2.75, 3.05) is 12.8 Å². The lowest BCUT2D eigenvalue weighted by molar-refractivity contribution is -0.119. The van der Waals surface area contributed by atoms with E-state index in [1.807, 2.05) is 6.92 Å². The van der Waals surface area contributed by atoms with Gasteiger partial charge in [0.25, 0.3) is 0 Å². The molecular formula is C9H14N4OS. The van der Waals surface area contributed by atoms with E-state index in [-0.39, 0.29) is 11.2 Å². The molecule has 0 fully saturated rings. The van der Waals surface area contributed by atoms with Crippen LogP contribution in [0.1, 0.15) is 12.6 Å². The Morgan fingerprint density at radius 3 is 2.80 bits per heavy atom. The average molecular weight is 226 g/mol. The van der Waals surface area contributed by atoms with Gasteiger partial charge in [-0.25, -0.2) is 9.97 Å². The molecule has 0 aliphatic heterocycles. The third-order valence-electron chi connectivity index (χ3n) is 1.75. The number of aryl methyl sites for hydroxylation is 1. The number of nitrogens with two attached hydrogens (primary N) is 1. The number of thioether (sulfide) groups is 1. The van der Waals surface area contributed by atoms with Gasteiger partial charge in [0.1, 0.15) is 5.82 Å². The summed E-state index contributed by atoms with van der Waals surface area (Å²) in [5, 5.41) is 2.87. The highest BCUT2D eigenvalue weighted by Gasteiger charge is 2.14. The fourth-order valence-corrected chi connectivity index (χ4v) is 1.93. The number of carbonyl (C=O) groups is 1. The Balaban J connectivity index is 2.76. The van der Waals surface area contributed by atoms with Crippen LogP contribution in [0.15, 0.2) is 11.2 Å². The minimum Gasteiger partial charge on any atom is -0.384 e. The largest absolute Gasteiger partial charge is 0.384 e. The van der Waals surface area contributed by atoms with Crippen molar-refractivity contribution >= 4 is 23.5 Å². The molecule has 0 aromatic carbocycles. The van der Waals surface area contributed by atoms with Crippen molar-refractivity contribution in [3.63, 3.8) is 0 Å². The molecule has 1 aromatic rings. The van der Waals surface area contributed by atoms with Crippen molar-refractivity contribution in [2.24, 2.45) is 0 Å². The Hall–Kier alpha value is -1.30. The molecule has 6 heteroatoms. The summed E-state index contributed by atoms with van der Waals surface area (Å²) in [6, 6.07) is 1.69. The summed E-state index contributed by atoms with van der Waals surface area (Å²) in [5.41, 5.74) is 6.38. The molecule has 0 spiro atoms. The number of nitrogens with one attached hydrogen (secondary N) is 1. The van der Waals surface area contributed by atoms with E-state index in [9.17, 15) is 4.79 Å². The van der Waals surface area contributed by atoms with Gasteiger partial charge in [-0.1, -0.05) is 11.8 Å². The Labute approximate surface area is 92.9 Å². The smallest absolute Gasteiger partial charge is 0.233 e. The molecule has 1 rings (SSSR count). The topological polar surface area (TPSA) is 80.9 Å². The molecule has 1 heterocycles. The number of hydrogen-bond donors (Lipinski definition) is 2. The number of anilines is 1. The Bertz CT molecular complexity index is 349. The molecule has 0 unspecified atom stereocenters. The van der Waals surface area contributed by atoms with Crippen LogP contribution < -0.4 is 11.1 Å². The third kappa shape index (κ3) is 3.39. The van der Waals surface area contributed by atoms with Crippen molar-refractivity contribution in [3.05, 3.63) is 11.8 Å². The molecule has 0 aliphatic carbocycles. The van der Waals surface area contributed by atoms with E-state index in [0.29, 0.717) is 11.0 Å². The second kappa shape index (κ2) is 4.97. The summed E-state index contributed by atoms with van der Waals surface area (Å²) in [5.74, 6) is 0.373. The van der Waals surface area contributed by atoms with Crippen LogP contribution in [0.4, 0.5) is 5.82 Å². The van der Waals surface area contributed by atoms with E-state index >= 15 is 0 Å². The molecule has 3 N–H and O–H groups in total. The van der Waals surface area contributed by atoms with Crippen LogP contribution in [-0.4, -0.2) is 28.2 Å². The van der Waals surface area contributed by atoms with Crippen molar-refractivity contribution < 1.29 is 4.79 Å². The Morgan fingerprint density at radius 1 is 1.60 bits per heavy atom. The summed E-state index contributed by atoms with van der Waals surface area (Å²) in [4.78, 5) is 19.5. The number of nitrogen functional groups attached to an aromatic ring is 1. The lowest BCUT2D eigenvalue weighted by Crippen LogP contribution is -2.27. The number of rotatable bonds is 3. The third-order valence-corrected chi connectivity index (χ3v) is 2.71. The lowest BCUT2D eigenvalue weighted by Gasteiger charge is -2.08. The summed E-state index contributed by atoms with van der Waals surface area (Å²) in [6.07, 6.45) is 0. The Kier molecular flexibility index (Phi) is 3.90. The zero-order valence-electron chi connectivity index (χ0n) is 8.94. The van der Waals surface area contributed by atoms with Crippen LogP contribution in [0.3, 0.4) is 0 Å². The zero-order valence-corrected chi connectivity index (χ0v) is 9.76. The SMILES string of the molecule is CNC(=O)[C@@H](C)Sc1nc(C)cc(N)n1. The van der Waals surface area contributed by atoms with Gasteiger partial charge in [-0.15, -0.1) is 0 Å². The molecular weight excluding hydrogens is 212 g/mol. The predicted molar refractivity (Wildman–Crippen MR) is 60.6 cm³/mol. The van der Waals surface area contributed by atoms with Crippen molar-refractivity contribution in [2.45, 2.75) is 24.3 Å². The van der Waals surface area contributed by atoms with E-state index in [1.54, 1.807) is 20.0 Å². The number of aromatic nitrogens is 2. The first-order valence-electron chi connectivity index (χ1n) is 4.52. The van der Waals surface area contributed by atoms with E-state index in [0.717, 1.165) is 5.69 Å². The van der Waals surface area contributed by atoms with Crippen LogP contribution in [0.25, 0.3) is 0 Å². The molecule has 0 bridgehead atoms. The first kappa shape index (κ1) is 11.8. The van der Waals surface area contributed by atoms with Crippen molar-refractivity contribution in [3.8, 4) is 0 Å². The molecule has 1 atom stereocenters.